The highest BCUT2D eigenvalue weighted by Gasteiger charge is 2.28. The molecule has 1 saturated heterocycles. The zero-order valence-corrected chi connectivity index (χ0v) is 10.7. The van der Waals surface area contributed by atoms with Crippen molar-refractivity contribution in [2.45, 2.75) is 40.2 Å². The second-order valence-corrected chi connectivity index (χ2v) is 5.94. The van der Waals surface area contributed by atoms with Crippen molar-refractivity contribution in [2.24, 2.45) is 5.41 Å². The van der Waals surface area contributed by atoms with Gasteiger partial charge in [0.05, 0.1) is 0 Å². The highest BCUT2D eigenvalue weighted by atomic mass is 16.2. The normalized spacial score (nSPS) is 24.3. The van der Waals surface area contributed by atoms with Crippen molar-refractivity contribution in [1.82, 2.24) is 9.80 Å². The lowest BCUT2D eigenvalue weighted by Crippen LogP contribution is -2.53. The minimum Gasteiger partial charge on any atom is -0.337 e. The second-order valence-electron chi connectivity index (χ2n) is 5.94. The summed E-state index contributed by atoms with van der Waals surface area (Å²) in [5.74, 6) is 0.308. The van der Waals surface area contributed by atoms with E-state index in [1.807, 2.05) is 4.90 Å². The molecule has 0 N–H and O–H groups in total. The van der Waals surface area contributed by atoms with Crippen LogP contribution in [0.5, 0.6) is 0 Å². The molecule has 0 aromatic carbocycles. The number of carbonyl (C=O) groups is 1. The van der Waals surface area contributed by atoms with Crippen molar-refractivity contribution < 1.29 is 4.79 Å². The van der Waals surface area contributed by atoms with Gasteiger partial charge in [0.15, 0.2) is 0 Å². The lowest BCUT2D eigenvalue weighted by Gasteiger charge is -2.39. The van der Waals surface area contributed by atoms with Crippen molar-refractivity contribution in [3.63, 3.8) is 0 Å². The summed E-state index contributed by atoms with van der Waals surface area (Å²) in [6, 6.07) is 0.360. The average molecular weight is 212 g/mol. The monoisotopic (exact) mass is 212 g/mol. The van der Waals surface area contributed by atoms with Gasteiger partial charge < -0.3 is 9.80 Å². The van der Waals surface area contributed by atoms with Crippen molar-refractivity contribution in [2.75, 3.05) is 26.7 Å². The molecule has 1 heterocycles. The van der Waals surface area contributed by atoms with Crippen molar-refractivity contribution in [1.29, 1.82) is 0 Å². The van der Waals surface area contributed by atoms with Gasteiger partial charge in [0.2, 0.25) is 5.91 Å². The van der Waals surface area contributed by atoms with Crippen LogP contribution >= 0.6 is 0 Å². The minimum absolute atomic E-state index is 0.0974. The zero-order chi connectivity index (χ0) is 11.6. The maximum atomic E-state index is 12.0. The minimum atomic E-state index is 0.0974. The molecule has 1 fully saturated rings. The van der Waals surface area contributed by atoms with Crippen LogP contribution in [-0.4, -0.2) is 48.4 Å². The summed E-state index contributed by atoms with van der Waals surface area (Å²) in [6.45, 7) is 11.4. The fourth-order valence-electron chi connectivity index (χ4n) is 2.07. The third-order valence-corrected chi connectivity index (χ3v) is 2.83. The van der Waals surface area contributed by atoms with E-state index in [1.54, 1.807) is 0 Å². The zero-order valence-electron chi connectivity index (χ0n) is 10.7. The molecule has 1 unspecified atom stereocenters. The molecule has 1 rings (SSSR count). The molecule has 0 aromatic heterocycles. The SMILES string of the molecule is CC1CN(C)CCN1C(=O)CC(C)(C)C. The molecular formula is C12H24N2O. The van der Waals surface area contributed by atoms with Crippen LogP contribution in [0, 0.1) is 5.41 Å². The number of nitrogens with zero attached hydrogens (tertiary/aromatic N) is 2. The van der Waals surface area contributed by atoms with Crippen LogP contribution in [-0.2, 0) is 4.79 Å². The third-order valence-electron chi connectivity index (χ3n) is 2.83. The predicted octanol–water partition coefficient (Wildman–Crippen LogP) is 1.59. The predicted molar refractivity (Wildman–Crippen MR) is 62.7 cm³/mol. The van der Waals surface area contributed by atoms with Gasteiger partial charge in [-0.25, -0.2) is 0 Å². The first-order valence-corrected chi connectivity index (χ1v) is 5.77. The average Bonchev–Trinajstić information content (AvgIpc) is 1.99. The number of hydrogen-bond acceptors (Lipinski definition) is 2. The molecule has 88 valence electrons. The van der Waals surface area contributed by atoms with Crippen molar-refractivity contribution in [3.8, 4) is 0 Å². The van der Waals surface area contributed by atoms with Crippen LogP contribution < -0.4 is 0 Å². The van der Waals surface area contributed by atoms with E-state index in [0.717, 1.165) is 19.6 Å². The maximum Gasteiger partial charge on any atom is 0.223 e. The van der Waals surface area contributed by atoms with Gasteiger partial charge in [-0.3, -0.25) is 4.79 Å². The Balaban J connectivity index is 2.53. The third kappa shape index (κ3) is 3.82. The Bertz CT molecular complexity index is 232. The molecule has 0 aromatic rings. The fraction of sp³-hybridized carbons (Fsp3) is 0.917. The first-order valence-electron chi connectivity index (χ1n) is 5.77. The van der Waals surface area contributed by atoms with Gasteiger partial charge in [-0.2, -0.15) is 0 Å². The summed E-state index contributed by atoms with van der Waals surface area (Å²) in [7, 11) is 2.11. The molecule has 0 aliphatic carbocycles. The van der Waals surface area contributed by atoms with E-state index < -0.39 is 0 Å². The molecule has 0 bridgehead atoms. The van der Waals surface area contributed by atoms with Crippen LogP contribution in [0.1, 0.15) is 34.1 Å². The topological polar surface area (TPSA) is 23.6 Å². The standard InChI is InChI=1S/C12H24N2O/c1-10-9-13(5)6-7-14(10)11(15)8-12(2,3)4/h10H,6-9H2,1-5H3. The van der Waals surface area contributed by atoms with E-state index in [1.165, 1.54) is 0 Å². The fourth-order valence-corrected chi connectivity index (χ4v) is 2.07. The first kappa shape index (κ1) is 12.5. The Morgan fingerprint density at radius 1 is 1.33 bits per heavy atom. The van der Waals surface area contributed by atoms with E-state index in [9.17, 15) is 4.79 Å². The molecule has 0 spiro atoms. The van der Waals surface area contributed by atoms with E-state index in [4.69, 9.17) is 0 Å². The van der Waals surface area contributed by atoms with Gasteiger partial charge in [0.1, 0.15) is 0 Å². The van der Waals surface area contributed by atoms with Crippen LogP contribution in [0.3, 0.4) is 0 Å². The highest BCUT2D eigenvalue weighted by molar-refractivity contribution is 5.77. The number of rotatable bonds is 1. The van der Waals surface area contributed by atoms with Gasteiger partial charge in [-0.05, 0) is 19.4 Å². The summed E-state index contributed by atoms with van der Waals surface area (Å²) in [5.41, 5.74) is 0.0974. The van der Waals surface area contributed by atoms with E-state index in [0.29, 0.717) is 18.4 Å². The van der Waals surface area contributed by atoms with Gasteiger partial charge in [0, 0.05) is 32.1 Å². The molecule has 3 nitrogen and oxygen atoms in total. The molecule has 15 heavy (non-hydrogen) atoms. The number of amides is 1. The summed E-state index contributed by atoms with van der Waals surface area (Å²) >= 11 is 0. The van der Waals surface area contributed by atoms with Crippen LogP contribution in [0.15, 0.2) is 0 Å². The number of piperazine rings is 1. The van der Waals surface area contributed by atoms with E-state index in [-0.39, 0.29) is 5.41 Å². The van der Waals surface area contributed by atoms with Crippen LogP contribution in [0.4, 0.5) is 0 Å². The lowest BCUT2D eigenvalue weighted by molar-refractivity contribution is -0.137. The van der Waals surface area contributed by atoms with E-state index >= 15 is 0 Å². The summed E-state index contributed by atoms with van der Waals surface area (Å²) in [6.07, 6.45) is 0.654. The number of carbonyl (C=O) groups excluding carboxylic acids is 1. The van der Waals surface area contributed by atoms with Crippen molar-refractivity contribution in [3.05, 3.63) is 0 Å². The lowest BCUT2D eigenvalue weighted by atomic mass is 9.91. The van der Waals surface area contributed by atoms with Gasteiger partial charge in [0.25, 0.3) is 0 Å². The molecule has 0 radical (unpaired) electrons. The second kappa shape index (κ2) is 4.52. The van der Waals surface area contributed by atoms with Gasteiger partial charge in [-0.15, -0.1) is 0 Å². The Hall–Kier alpha value is -0.570. The Kier molecular flexibility index (Phi) is 3.77. The Labute approximate surface area is 93.4 Å². The smallest absolute Gasteiger partial charge is 0.223 e. The molecule has 1 aliphatic rings. The number of likely N-dealkylation sites (N-methyl/N-ethyl adjacent to an activating group) is 1. The summed E-state index contributed by atoms with van der Waals surface area (Å²) < 4.78 is 0. The largest absolute Gasteiger partial charge is 0.337 e. The van der Waals surface area contributed by atoms with Gasteiger partial charge in [-0.1, -0.05) is 20.8 Å². The quantitative estimate of drug-likeness (QED) is 0.659. The van der Waals surface area contributed by atoms with E-state index in [2.05, 4.69) is 39.6 Å². The first-order chi connectivity index (χ1) is 6.79. The molecule has 1 amide bonds. The van der Waals surface area contributed by atoms with Crippen LogP contribution in [0.2, 0.25) is 0 Å². The highest BCUT2D eigenvalue weighted by Crippen LogP contribution is 2.21. The summed E-state index contributed by atoms with van der Waals surface area (Å²) in [5, 5.41) is 0. The summed E-state index contributed by atoms with van der Waals surface area (Å²) in [4.78, 5) is 16.4. The maximum absolute atomic E-state index is 12.0. The number of hydrogen-bond donors (Lipinski definition) is 0. The Morgan fingerprint density at radius 3 is 2.40 bits per heavy atom. The van der Waals surface area contributed by atoms with Crippen molar-refractivity contribution >= 4 is 5.91 Å². The van der Waals surface area contributed by atoms with Crippen LogP contribution in [0.25, 0.3) is 0 Å². The Morgan fingerprint density at radius 2 is 1.93 bits per heavy atom. The molecule has 1 aliphatic heterocycles. The molecule has 0 saturated carbocycles. The molecule has 1 atom stereocenters. The van der Waals surface area contributed by atoms with Gasteiger partial charge >= 0.3 is 0 Å². The molecular weight excluding hydrogens is 188 g/mol. The molecule has 3 heteroatoms.